The van der Waals surface area contributed by atoms with Crippen molar-refractivity contribution < 1.29 is 23.8 Å². The van der Waals surface area contributed by atoms with Crippen LogP contribution in [0.3, 0.4) is 0 Å². The standard InChI is InChI=1S/C11H11FO4/c1-6(11(13)14)7-4-9-10(5-8(7)12)16-3-2-15-9/h4-6H,2-3H2,1H3,(H,13,14). The first-order valence-electron chi connectivity index (χ1n) is 4.91. The number of benzene rings is 1. The minimum atomic E-state index is -1.07. The summed E-state index contributed by atoms with van der Waals surface area (Å²) in [7, 11) is 0. The Hall–Kier alpha value is -1.78. The van der Waals surface area contributed by atoms with E-state index in [0.717, 1.165) is 0 Å². The van der Waals surface area contributed by atoms with Crippen LogP contribution in [0.1, 0.15) is 18.4 Å². The molecule has 1 aliphatic heterocycles. The van der Waals surface area contributed by atoms with Crippen LogP contribution in [-0.2, 0) is 4.79 Å². The number of fused-ring (bicyclic) bond motifs is 1. The summed E-state index contributed by atoms with van der Waals surface area (Å²) in [4.78, 5) is 10.8. The van der Waals surface area contributed by atoms with Gasteiger partial charge in [0, 0.05) is 11.6 Å². The van der Waals surface area contributed by atoms with Crippen molar-refractivity contribution in [1.29, 1.82) is 0 Å². The second kappa shape index (κ2) is 4.00. The van der Waals surface area contributed by atoms with Gasteiger partial charge in [-0.25, -0.2) is 4.39 Å². The summed E-state index contributed by atoms with van der Waals surface area (Å²) in [5, 5.41) is 8.83. The van der Waals surface area contributed by atoms with Crippen molar-refractivity contribution in [3.05, 3.63) is 23.5 Å². The second-order valence-electron chi connectivity index (χ2n) is 3.58. The molecule has 1 N–H and O–H groups in total. The summed E-state index contributed by atoms with van der Waals surface area (Å²) in [5.74, 6) is -1.84. The fourth-order valence-electron chi connectivity index (χ4n) is 1.54. The maximum Gasteiger partial charge on any atom is 0.310 e. The van der Waals surface area contributed by atoms with Crippen molar-refractivity contribution in [3.63, 3.8) is 0 Å². The lowest BCUT2D eigenvalue weighted by Crippen LogP contribution is -2.17. The quantitative estimate of drug-likeness (QED) is 0.835. The highest BCUT2D eigenvalue weighted by molar-refractivity contribution is 5.76. The summed E-state index contributed by atoms with van der Waals surface area (Å²) in [6, 6.07) is 2.56. The third kappa shape index (κ3) is 1.80. The van der Waals surface area contributed by atoms with E-state index in [1.54, 1.807) is 0 Å². The van der Waals surface area contributed by atoms with Crippen molar-refractivity contribution >= 4 is 5.97 Å². The summed E-state index contributed by atoms with van der Waals surface area (Å²) < 4.78 is 24.0. The average molecular weight is 226 g/mol. The molecule has 0 fully saturated rings. The minimum Gasteiger partial charge on any atom is -0.486 e. The zero-order valence-corrected chi connectivity index (χ0v) is 8.70. The average Bonchev–Trinajstić information content (AvgIpc) is 2.27. The molecule has 4 nitrogen and oxygen atoms in total. The molecule has 0 aliphatic carbocycles. The molecule has 5 heteroatoms. The largest absolute Gasteiger partial charge is 0.486 e. The Kier molecular flexibility index (Phi) is 2.68. The summed E-state index contributed by atoms with van der Waals surface area (Å²) >= 11 is 0. The van der Waals surface area contributed by atoms with Crippen LogP contribution in [0.15, 0.2) is 12.1 Å². The first-order valence-corrected chi connectivity index (χ1v) is 4.91. The molecule has 0 bridgehead atoms. The van der Waals surface area contributed by atoms with Gasteiger partial charge < -0.3 is 14.6 Å². The third-order valence-corrected chi connectivity index (χ3v) is 2.50. The molecule has 0 aromatic heterocycles. The van der Waals surface area contributed by atoms with Gasteiger partial charge >= 0.3 is 5.97 Å². The van der Waals surface area contributed by atoms with Gasteiger partial charge in [0.15, 0.2) is 11.5 Å². The highest BCUT2D eigenvalue weighted by atomic mass is 19.1. The van der Waals surface area contributed by atoms with Gasteiger partial charge in [-0.2, -0.15) is 0 Å². The van der Waals surface area contributed by atoms with Crippen molar-refractivity contribution in [3.8, 4) is 11.5 Å². The lowest BCUT2D eigenvalue weighted by molar-refractivity contribution is -0.138. The highest BCUT2D eigenvalue weighted by Gasteiger charge is 2.22. The normalized spacial score (nSPS) is 15.6. The van der Waals surface area contributed by atoms with Crippen LogP contribution in [0.25, 0.3) is 0 Å². The van der Waals surface area contributed by atoms with Gasteiger partial charge in [0.05, 0.1) is 5.92 Å². The Balaban J connectivity index is 2.43. The molecular weight excluding hydrogens is 215 g/mol. The second-order valence-corrected chi connectivity index (χ2v) is 3.58. The van der Waals surface area contributed by atoms with E-state index in [2.05, 4.69) is 0 Å². The molecule has 1 unspecified atom stereocenters. The Morgan fingerprint density at radius 1 is 1.38 bits per heavy atom. The van der Waals surface area contributed by atoms with Crippen molar-refractivity contribution in [2.75, 3.05) is 13.2 Å². The summed E-state index contributed by atoms with van der Waals surface area (Å²) in [6.07, 6.45) is 0. The number of halogens is 1. The molecule has 0 saturated carbocycles. The molecule has 0 amide bonds. The highest BCUT2D eigenvalue weighted by Crippen LogP contribution is 2.35. The van der Waals surface area contributed by atoms with Crippen molar-refractivity contribution in [1.82, 2.24) is 0 Å². The molecule has 16 heavy (non-hydrogen) atoms. The van der Waals surface area contributed by atoms with Crippen LogP contribution in [0.4, 0.5) is 4.39 Å². The SMILES string of the molecule is CC(C(=O)O)c1cc2c(cc1F)OCCO2. The summed E-state index contributed by atoms with van der Waals surface area (Å²) in [5.41, 5.74) is 0.108. The van der Waals surface area contributed by atoms with Crippen molar-refractivity contribution in [2.24, 2.45) is 0 Å². The van der Waals surface area contributed by atoms with E-state index in [9.17, 15) is 9.18 Å². The number of hydrogen-bond donors (Lipinski definition) is 1. The Labute approximate surface area is 91.6 Å². The van der Waals surface area contributed by atoms with Gasteiger partial charge in [-0.15, -0.1) is 0 Å². The van der Waals surface area contributed by atoms with Gasteiger partial charge in [0.25, 0.3) is 0 Å². The van der Waals surface area contributed by atoms with E-state index in [-0.39, 0.29) is 5.56 Å². The van der Waals surface area contributed by atoms with E-state index in [0.29, 0.717) is 24.7 Å². The Morgan fingerprint density at radius 2 is 1.94 bits per heavy atom. The predicted octanol–water partition coefficient (Wildman–Crippen LogP) is 1.79. The van der Waals surface area contributed by atoms with E-state index in [1.807, 2.05) is 0 Å². The molecule has 1 heterocycles. The molecule has 2 rings (SSSR count). The molecule has 86 valence electrons. The fourth-order valence-corrected chi connectivity index (χ4v) is 1.54. The van der Waals surface area contributed by atoms with Gasteiger partial charge in [-0.3, -0.25) is 4.79 Å². The van der Waals surface area contributed by atoms with Crippen LogP contribution in [-0.4, -0.2) is 24.3 Å². The molecule has 1 atom stereocenters. The van der Waals surface area contributed by atoms with E-state index >= 15 is 0 Å². The fraction of sp³-hybridized carbons (Fsp3) is 0.364. The topological polar surface area (TPSA) is 55.8 Å². The van der Waals surface area contributed by atoms with Crippen molar-refractivity contribution in [2.45, 2.75) is 12.8 Å². The number of ether oxygens (including phenoxy) is 2. The third-order valence-electron chi connectivity index (χ3n) is 2.50. The number of carbonyl (C=O) groups is 1. The zero-order chi connectivity index (χ0) is 11.7. The first kappa shape index (κ1) is 10.7. The van der Waals surface area contributed by atoms with Crippen LogP contribution in [0, 0.1) is 5.82 Å². The van der Waals surface area contributed by atoms with Crippen LogP contribution in [0.5, 0.6) is 11.5 Å². The molecule has 1 aromatic rings. The van der Waals surface area contributed by atoms with Crippen LogP contribution >= 0.6 is 0 Å². The zero-order valence-electron chi connectivity index (χ0n) is 8.70. The van der Waals surface area contributed by atoms with Gasteiger partial charge in [-0.05, 0) is 13.0 Å². The lowest BCUT2D eigenvalue weighted by Gasteiger charge is -2.20. The number of carboxylic acids is 1. The minimum absolute atomic E-state index is 0.108. The van der Waals surface area contributed by atoms with E-state index in [1.165, 1.54) is 19.1 Å². The monoisotopic (exact) mass is 226 g/mol. The maximum atomic E-state index is 13.6. The number of rotatable bonds is 2. The van der Waals surface area contributed by atoms with Crippen LogP contribution < -0.4 is 9.47 Å². The smallest absolute Gasteiger partial charge is 0.310 e. The predicted molar refractivity (Wildman–Crippen MR) is 53.4 cm³/mol. The molecule has 0 spiro atoms. The molecule has 0 radical (unpaired) electrons. The summed E-state index contributed by atoms with van der Waals surface area (Å²) in [6.45, 7) is 2.19. The molecule has 1 aromatic carbocycles. The van der Waals surface area contributed by atoms with Gasteiger partial charge in [0.2, 0.25) is 0 Å². The van der Waals surface area contributed by atoms with Gasteiger partial charge in [-0.1, -0.05) is 0 Å². The molecule has 0 saturated heterocycles. The Morgan fingerprint density at radius 3 is 2.50 bits per heavy atom. The maximum absolute atomic E-state index is 13.6. The number of carboxylic acid groups (broad SMARTS) is 1. The van der Waals surface area contributed by atoms with E-state index < -0.39 is 17.7 Å². The first-order chi connectivity index (χ1) is 7.59. The van der Waals surface area contributed by atoms with Crippen LogP contribution in [0.2, 0.25) is 0 Å². The van der Waals surface area contributed by atoms with E-state index in [4.69, 9.17) is 14.6 Å². The lowest BCUT2D eigenvalue weighted by atomic mass is 10.00. The van der Waals surface area contributed by atoms with Gasteiger partial charge in [0.1, 0.15) is 19.0 Å². The molecule has 1 aliphatic rings. The number of aliphatic carboxylic acids is 1. The molecular formula is C11H11FO4. The number of hydrogen-bond acceptors (Lipinski definition) is 3. The Bertz CT molecular complexity index is 430.